The minimum absolute atomic E-state index is 0.0971. The molecule has 0 radical (unpaired) electrons. The number of hydrogen-bond acceptors (Lipinski definition) is 3. The lowest BCUT2D eigenvalue weighted by atomic mass is 10.3. The SMILES string of the molecule is Cc1nn(CCC(=O)N(C)Cc2ccnn2C)c(C)c1Br. The number of aromatic nitrogens is 4. The van der Waals surface area contributed by atoms with Crippen LogP contribution in [-0.4, -0.2) is 37.4 Å². The molecule has 114 valence electrons. The van der Waals surface area contributed by atoms with Crippen molar-refractivity contribution in [3.05, 3.63) is 33.8 Å². The third-order valence-corrected chi connectivity index (χ3v) is 4.73. The summed E-state index contributed by atoms with van der Waals surface area (Å²) in [5.74, 6) is 0.0971. The van der Waals surface area contributed by atoms with E-state index >= 15 is 0 Å². The Kier molecular flexibility index (Phi) is 4.82. The van der Waals surface area contributed by atoms with E-state index in [0.717, 1.165) is 21.6 Å². The number of carbonyl (C=O) groups is 1. The largest absolute Gasteiger partial charge is 0.340 e. The molecule has 0 aliphatic heterocycles. The van der Waals surface area contributed by atoms with Crippen LogP contribution in [0.15, 0.2) is 16.7 Å². The van der Waals surface area contributed by atoms with Crippen molar-refractivity contribution < 1.29 is 4.79 Å². The summed E-state index contributed by atoms with van der Waals surface area (Å²) in [6.07, 6.45) is 2.17. The van der Waals surface area contributed by atoms with Gasteiger partial charge in [0.15, 0.2) is 0 Å². The zero-order valence-corrected chi connectivity index (χ0v) is 14.4. The number of nitrogens with zero attached hydrogens (tertiary/aromatic N) is 5. The first kappa shape index (κ1) is 15.8. The van der Waals surface area contributed by atoms with E-state index in [-0.39, 0.29) is 5.91 Å². The van der Waals surface area contributed by atoms with Crippen molar-refractivity contribution in [2.24, 2.45) is 7.05 Å². The van der Waals surface area contributed by atoms with Crippen LogP contribution < -0.4 is 0 Å². The van der Waals surface area contributed by atoms with Crippen LogP contribution in [0.5, 0.6) is 0 Å². The topological polar surface area (TPSA) is 56.0 Å². The lowest BCUT2D eigenvalue weighted by molar-refractivity contribution is -0.130. The molecule has 2 rings (SSSR count). The van der Waals surface area contributed by atoms with Gasteiger partial charge in [-0.2, -0.15) is 10.2 Å². The first-order chi connectivity index (χ1) is 9.90. The van der Waals surface area contributed by atoms with Gasteiger partial charge in [0.1, 0.15) is 0 Å². The van der Waals surface area contributed by atoms with E-state index < -0.39 is 0 Å². The molecular weight excluding hydrogens is 334 g/mol. The van der Waals surface area contributed by atoms with Crippen molar-refractivity contribution in [2.45, 2.75) is 33.4 Å². The van der Waals surface area contributed by atoms with Crippen LogP contribution in [-0.2, 0) is 24.9 Å². The molecule has 0 N–H and O–H groups in total. The summed E-state index contributed by atoms with van der Waals surface area (Å²) < 4.78 is 4.66. The van der Waals surface area contributed by atoms with Gasteiger partial charge in [0.25, 0.3) is 0 Å². The highest BCUT2D eigenvalue weighted by molar-refractivity contribution is 9.10. The standard InChI is InChI=1S/C14H20BrN5O/c1-10-14(15)11(2)20(17-10)8-6-13(21)18(3)9-12-5-7-16-19(12)4/h5,7H,6,8-9H2,1-4H3. The van der Waals surface area contributed by atoms with Gasteiger partial charge in [-0.1, -0.05) is 0 Å². The minimum atomic E-state index is 0.0971. The molecule has 21 heavy (non-hydrogen) atoms. The fraction of sp³-hybridized carbons (Fsp3) is 0.500. The van der Waals surface area contributed by atoms with E-state index in [0.29, 0.717) is 19.5 Å². The number of amides is 1. The number of aryl methyl sites for hydroxylation is 3. The molecule has 0 saturated carbocycles. The summed E-state index contributed by atoms with van der Waals surface area (Å²) in [5.41, 5.74) is 3.01. The third-order valence-electron chi connectivity index (χ3n) is 3.58. The van der Waals surface area contributed by atoms with Gasteiger partial charge in [-0.15, -0.1) is 0 Å². The molecule has 0 aliphatic rings. The third kappa shape index (κ3) is 3.53. The molecule has 2 aromatic heterocycles. The zero-order chi connectivity index (χ0) is 15.6. The van der Waals surface area contributed by atoms with Crippen LogP contribution in [0.4, 0.5) is 0 Å². The molecule has 0 aromatic carbocycles. The zero-order valence-electron chi connectivity index (χ0n) is 12.8. The second-order valence-electron chi connectivity index (χ2n) is 5.15. The fourth-order valence-corrected chi connectivity index (χ4v) is 2.46. The predicted molar refractivity (Wildman–Crippen MR) is 83.7 cm³/mol. The summed E-state index contributed by atoms with van der Waals surface area (Å²) in [5, 5.41) is 8.52. The molecule has 2 aromatic rings. The average molecular weight is 354 g/mol. The lowest BCUT2D eigenvalue weighted by Crippen LogP contribution is -2.28. The Hall–Kier alpha value is -1.63. The molecular formula is C14H20BrN5O. The molecule has 0 saturated heterocycles. The van der Waals surface area contributed by atoms with Gasteiger partial charge in [-0.3, -0.25) is 14.2 Å². The highest BCUT2D eigenvalue weighted by atomic mass is 79.9. The van der Waals surface area contributed by atoms with Crippen molar-refractivity contribution in [3.8, 4) is 0 Å². The Morgan fingerprint density at radius 2 is 2.14 bits per heavy atom. The molecule has 0 spiro atoms. The van der Waals surface area contributed by atoms with Gasteiger partial charge in [0.2, 0.25) is 5.91 Å². The van der Waals surface area contributed by atoms with E-state index in [4.69, 9.17) is 0 Å². The Morgan fingerprint density at radius 1 is 1.43 bits per heavy atom. The van der Waals surface area contributed by atoms with E-state index in [2.05, 4.69) is 26.1 Å². The van der Waals surface area contributed by atoms with E-state index in [1.807, 2.05) is 38.7 Å². The summed E-state index contributed by atoms with van der Waals surface area (Å²) in [6, 6.07) is 1.92. The first-order valence-electron chi connectivity index (χ1n) is 6.80. The highest BCUT2D eigenvalue weighted by Gasteiger charge is 2.13. The van der Waals surface area contributed by atoms with Crippen molar-refractivity contribution in [3.63, 3.8) is 0 Å². The van der Waals surface area contributed by atoms with Crippen LogP contribution >= 0.6 is 15.9 Å². The number of rotatable bonds is 5. The Bertz CT molecular complexity index is 646. The number of hydrogen-bond donors (Lipinski definition) is 0. The summed E-state index contributed by atoms with van der Waals surface area (Å²) in [7, 11) is 3.69. The van der Waals surface area contributed by atoms with Gasteiger partial charge < -0.3 is 4.90 Å². The van der Waals surface area contributed by atoms with Crippen molar-refractivity contribution >= 4 is 21.8 Å². The van der Waals surface area contributed by atoms with E-state index in [1.165, 1.54) is 0 Å². The van der Waals surface area contributed by atoms with Gasteiger partial charge in [0.05, 0.1) is 29.0 Å². The van der Waals surface area contributed by atoms with Crippen molar-refractivity contribution in [1.82, 2.24) is 24.5 Å². The Morgan fingerprint density at radius 3 is 2.67 bits per heavy atom. The Labute approximate surface area is 132 Å². The van der Waals surface area contributed by atoms with Crippen molar-refractivity contribution in [1.29, 1.82) is 0 Å². The summed E-state index contributed by atoms with van der Waals surface area (Å²) in [6.45, 7) is 5.10. The molecule has 2 heterocycles. The molecule has 0 fully saturated rings. The molecule has 6 nitrogen and oxygen atoms in total. The molecule has 1 amide bonds. The summed E-state index contributed by atoms with van der Waals surface area (Å²) >= 11 is 3.50. The van der Waals surface area contributed by atoms with Crippen LogP contribution in [0.2, 0.25) is 0 Å². The first-order valence-corrected chi connectivity index (χ1v) is 7.59. The van der Waals surface area contributed by atoms with E-state index in [1.54, 1.807) is 15.8 Å². The van der Waals surface area contributed by atoms with E-state index in [9.17, 15) is 4.79 Å². The molecule has 0 unspecified atom stereocenters. The molecule has 0 atom stereocenters. The van der Waals surface area contributed by atoms with Crippen LogP contribution in [0, 0.1) is 13.8 Å². The molecule has 7 heteroatoms. The maximum absolute atomic E-state index is 12.2. The average Bonchev–Trinajstić information content (AvgIpc) is 2.95. The van der Waals surface area contributed by atoms with Gasteiger partial charge in [-0.05, 0) is 35.8 Å². The maximum Gasteiger partial charge on any atom is 0.224 e. The maximum atomic E-state index is 12.2. The van der Waals surface area contributed by atoms with Crippen LogP contribution in [0.3, 0.4) is 0 Å². The normalized spacial score (nSPS) is 10.9. The smallest absolute Gasteiger partial charge is 0.224 e. The second kappa shape index (κ2) is 6.43. The number of carbonyl (C=O) groups excluding carboxylic acids is 1. The quantitative estimate of drug-likeness (QED) is 0.826. The van der Waals surface area contributed by atoms with Crippen LogP contribution in [0.1, 0.15) is 23.5 Å². The predicted octanol–water partition coefficient (Wildman–Crippen LogP) is 2.04. The Balaban J connectivity index is 1.92. The molecule has 0 aliphatic carbocycles. The molecule has 0 bridgehead atoms. The monoisotopic (exact) mass is 353 g/mol. The van der Waals surface area contributed by atoms with Gasteiger partial charge in [0, 0.05) is 32.4 Å². The fourth-order valence-electron chi connectivity index (χ4n) is 2.17. The van der Waals surface area contributed by atoms with Crippen LogP contribution in [0.25, 0.3) is 0 Å². The highest BCUT2D eigenvalue weighted by Crippen LogP contribution is 2.19. The lowest BCUT2D eigenvalue weighted by Gasteiger charge is -2.17. The number of halogens is 1. The van der Waals surface area contributed by atoms with Gasteiger partial charge >= 0.3 is 0 Å². The van der Waals surface area contributed by atoms with Gasteiger partial charge in [-0.25, -0.2) is 0 Å². The second-order valence-corrected chi connectivity index (χ2v) is 5.95. The summed E-state index contributed by atoms with van der Waals surface area (Å²) in [4.78, 5) is 13.9. The van der Waals surface area contributed by atoms with Crippen molar-refractivity contribution in [2.75, 3.05) is 7.05 Å². The minimum Gasteiger partial charge on any atom is -0.340 e.